The van der Waals surface area contributed by atoms with E-state index < -0.39 is 0 Å². The second kappa shape index (κ2) is 11.6. The Hall–Kier alpha value is -2.90. The van der Waals surface area contributed by atoms with Crippen molar-refractivity contribution < 1.29 is 4.74 Å². The van der Waals surface area contributed by atoms with Gasteiger partial charge >= 0.3 is 0 Å². The number of allylic oxidation sites excluding steroid dienone is 2. The minimum Gasteiger partial charge on any atom is -0.372 e. The summed E-state index contributed by atoms with van der Waals surface area (Å²) < 4.78 is 5.61. The third-order valence-corrected chi connectivity index (χ3v) is 3.45. The van der Waals surface area contributed by atoms with Gasteiger partial charge in [0.05, 0.1) is 13.2 Å². The normalized spacial score (nSPS) is 10.1. The first kappa shape index (κ1) is 18.4. The molecule has 0 aliphatic heterocycles. The molecular weight excluding hydrogens is 304 g/mol. The van der Waals surface area contributed by atoms with Gasteiger partial charge in [-0.25, -0.2) is 0 Å². The highest BCUT2D eigenvalue weighted by atomic mass is 16.5. The van der Waals surface area contributed by atoms with Crippen molar-refractivity contribution in [3.63, 3.8) is 0 Å². The van der Waals surface area contributed by atoms with Crippen LogP contribution in [0.1, 0.15) is 16.7 Å². The zero-order valence-electron chi connectivity index (χ0n) is 14.4. The average Bonchev–Trinajstić information content (AvgIpc) is 2.69. The Labute approximate surface area is 150 Å². The molecule has 0 atom stereocenters. The Morgan fingerprint density at radius 3 is 1.52 bits per heavy atom. The van der Waals surface area contributed by atoms with Crippen molar-refractivity contribution in [2.75, 3.05) is 0 Å². The summed E-state index contributed by atoms with van der Waals surface area (Å²) in [6.45, 7) is 4.94. The van der Waals surface area contributed by atoms with Gasteiger partial charge in [0.1, 0.15) is 0 Å². The molecular formula is C24H24O. The zero-order valence-corrected chi connectivity index (χ0v) is 14.4. The first-order chi connectivity index (χ1) is 12.4. The van der Waals surface area contributed by atoms with E-state index in [-0.39, 0.29) is 0 Å². The second-order valence-electron chi connectivity index (χ2n) is 5.47. The summed E-state index contributed by atoms with van der Waals surface area (Å²) in [5.74, 6) is 0. The molecule has 0 bridgehead atoms. The van der Waals surface area contributed by atoms with Gasteiger partial charge in [0.2, 0.25) is 0 Å². The Bertz CT molecular complexity index is 691. The van der Waals surface area contributed by atoms with Crippen LogP contribution in [0.3, 0.4) is 0 Å². The lowest BCUT2D eigenvalue weighted by molar-refractivity contribution is 0.107. The molecule has 0 saturated heterocycles. The van der Waals surface area contributed by atoms with E-state index >= 15 is 0 Å². The lowest BCUT2D eigenvalue weighted by Gasteiger charge is -2.03. The molecule has 0 spiro atoms. The summed E-state index contributed by atoms with van der Waals surface area (Å²) in [5, 5.41) is 0. The molecule has 0 fully saturated rings. The van der Waals surface area contributed by atoms with E-state index in [2.05, 4.69) is 43.0 Å². The summed E-state index contributed by atoms with van der Waals surface area (Å²) in [6.07, 6.45) is 5.72. The highest BCUT2D eigenvalue weighted by Crippen LogP contribution is 2.05. The second-order valence-corrected chi connectivity index (χ2v) is 5.47. The summed E-state index contributed by atoms with van der Waals surface area (Å²) in [6, 6.07) is 30.6. The fourth-order valence-electron chi connectivity index (χ4n) is 2.18. The largest absolute Gasteiger partial charge is 0.372 e. The van der Waals surface area contributed by atoms with E-state index in [0.717, 1.165) is 0 Å². The summed E-state index contributed by atoms with van der Waals surface area (Å²) in [5.41, 5.74) is 3.64. The SMILES string of the molecule is C=CC=Cc1ccccc1.c1ccc(COCc2ccccc2)cc1. The van der Waals surface area contributed by atoms with Crippen LogP contribution in [0.25, 0.3) is 6.08 Å². The maximum atomic E-state index is 5.61. The quantitative estimate of drug-likeness (QED) is 0.483. The molecule has 1 nitrogen and oxygen atoms in total. The smallest absolute Gasteiger partial charge is 0.0721 e. The highest BCUT2D eigenvalue weighted by molar-refractivity contribution is 5.50. The van der Waals surface area contributed by atoms with Gasteiger partial charge in [-0.2, -0.15) is 0 Å². The van der Waals surface area contributed by atoms with E-state index in [1.165, 1.54) is 16.7 Å². The van der Waals surface area contributed by atoms with Crippen LogP contribution < -0.4 is 0 Å². The maximum Gasteiger partial charge on any atom is 0.0721 e. The van der Waals surface area contributed by atoms with E-state index in [1.54, 1.807) is 6.08 Å². The molecule has 3 rings (SSSR count). The van der Waals surface area contributed by atoms with Gasteiger partial charge in [0, 0.05) is 0 Å². The van der Waals surface area contributed by atoms with Gasteiger partial charge in [-0.1, -0.05) is 116 Å². The molecule has 1 heteroatoms. The Morgan fingerprint density at radius 2 is 1.08 bits per heavy atom. The molecule has 25 heavy (non-hydrogen) atoms. The molecule has 0 radical (unpaired) electrons. The zero-order chi connectivity index (χ0) is 17.6. The lowest BCUT2D eigenvalue weighted by Crippen LogP contribution is -1.93. The average molecular weight is 328 g/mol. The van der Waals surface area contributed by atoms with E-state index in [0.29, 0.717) is 13.2 Å². The molecule has 0 heterocycles. The van der Waals surface area contributed by atoms with Crippen molar-refractivity contribution in [1.29, 1.82) is 0 Å². The van der Waals surface area contributed by atoms with Gasteiger partial charge < -0.3 is 4.74 Å². The summed E-state index contributed by atoms with van der Waals surface area (Å²) >= 11 is 0. The van der Waals surface area contributed by atoms with Crippen LogP contribution >= 0.6 is 0 Å². The van der Waals surface area contributed by atoms with Gasteiger partial charge in [0.25, 0.3) is 0 Å². The Balaban J connectivity index is 0.000000196. The van der Waals surface area contributed by atoms with Crippen LogP contribution in [0, 0.1) is 0 Å². The van der Waals surface area contributed by atoms with Crippen LogP contribution in [0.4, 0.5) is 0 Å². The molecule has 0 saturated carbocycles. The Kier molecular flexibility index (Phi) is 8.56. The minimum absolute atomic E-state index is 0.676. The third kappa shape index (κ3) is 7.96. The van der Waals surface area contributed by atoms with Crippen molar-refractivity contribution in [2.45, 2.75) is 13.2 Å². The predicted octanol–water partition coefficient (Wildman–Crippen LogP) is 6.29. The van der Waals surface area contributed by atoms with Crippen LogP contribution in [-0.2, 0) is 18.0 Å². The van der Waals surface area contributed by atoms with E-state index in [9.17, 15) is 0 Å². The fourth-order valence-corrected chi connectivity index (χ4v) is 2.18. The van der Waals surface area contributed by atoms with Crippen LogP contribution in [0.2, 0.25) is 0 Å². The number of rotatable bonds is 6. The molecule has 0 amide bonds. The minimum atomic E-state index is 0.676. The van der Waals surface area contributed by atoms with E-state index in [4.69, 9.17) is 4.74 Å². The maximum absolute atomic E-state index is 5.61. The van der Waals surface area contributed by atoms with Crippen molar-refractivity contribution in [3.8, 4) is 0 Å². The molecule has 0 aliphatic rings. The number of hydrogen-bond acceptors (Lipinski definition) is 1. The van der Waals surface area contributed by atoms with Crippen molar-refractivity contribution in [3.05, 3.63) is 126 Å². The molecule has 3 aromatic rings. The fraction of sp³-hybridized carbons (Fsp3) is 0.0833. The first-order valence-corrected chi connectivity index (χ1v) is 8.38. The van der Waals surface area contributed by atoms with Crippen molar-refractivity contribution in [1.82, 2.24) is 0 Å². The monoisotopic (exact) mass is 328 g/mol. The lowest BCUT2D eigenvalue weighted by atomic mass is 10.2. The predicted molar refractivity (Wildman–Crippen MR) is 107 cm³/mol. The summed E-state index contributed by atoms with van der Waals surface area (Å²) in [7, 11) is 0. The molecule has 0 aliphatic carbocycles. The Morgan fingerprint density at radius 1 is 0.640 bits per heavy atom. The molecule has 126 valence electrons. The molecule has 3 aromatic carbocycles. The van der Waals surface area contributed by atoms with Gasteiger partial charge in [0.15, 0.2) is 0 Å². The topological polar surface area (TPSA) is 9.23 Å². The number of hydrogen-bond donors (Lipinski definition) is 0. The van der Waals surface area contributed by atoms with Crippen LogP contribution in [0.15, 0.2) is 110 Å². The highest BCUT2D eigenvalue weighted by Gasteiger charge is 1.93. The molecule has 0 unspecified atom stereocenters. The summed E-state index contributed by atoms with van der Waals surface area (Å²) in [4.78, 5) is 0. The first-order valence-electron chi connectivity index (χ1n) is 8.38. The third-order valence-electron chi connectivity index (χ3n) is 3.45. The molecule has 0 N–H and O–H groups in total. The standard InChI is InChI=1S/C14H14O.C10H10/c1-3-7-13(8-4-1)11-15-12-14-9-5-2-6-10-14;1-2-3-7-10-8-5-4-6-9-10/h1-10H,11-12H2;2-9H,1H2. The van der Waals surface area contributed by atoms with Crippen molar-refractivity contribution >= 4 is 6.08 Å². The molecule has 0 aromatic heterocycles. The number of benzene rings is 3. The van der Waals surface area contributed by atoms with Crippen LogP contribution in [0.5, 0.6) is 0 Å². The van der Waals surface area contributed by atoms with Gasteiger partial charge in [-0.05, 0) is 16.7 Å². The van der Waals surface area contributed by atoms with Gasteiger partial charge in [-0.15, -0.1) is 0 Å². The van der Waals surface area contributed by atoms with Gasteiger partial charge in [-0.3, -0.25) is 0 Å². The van der Waals surface area contributed by atoms with Crippen molar-refractivity contribution in [2.24, 2.45) is 0 Å². The number of ether oxygens (including phenoxy) is 1. The van der Waals surface area contributed by atoms with E-state index in [1.807, 2.05) is 66.7 Å². The van der Waals surface area contributed by atoms with Crippen LogP contribution in [-0.4, -0.2) is 0 Å².